The normalized spacial score (nSPS) is 18.4. The molecule has 2 aromatic rings. The summed E-state index contributed by atoms with van der Waals surface area (Å²) in [5.74, 6) is 0.123. The van der Waals surface area contributed by atoms with Crippen LogP contribution in [0, 0.1) is 6.92 Å². The predicted octanol–water partition coefficient (Wildman–Crippen LogP) is 2.85. The Kier molecular flexibility index (Phi) is 4.85. The molecule has 0 bridgehead atoms. The first kappa shape index (κ1) is 15.2. The molecule has 1 aromatic heterocycles. The molecule has 1 saturated heterocycles. The number of hydrogen-bond acceptors (Lipinski definition) is 4. The van der Waals surface area contributed by atoms with Crippen molar-refractivity contribution in [3.8, 4) is 0 Å². The molecule has 1 aliphatic heterocycles. The molecule has 4 nitrogen and oxygen atoms in total. The Bertz CT molecular complexity index is 626. The molecule has 1 amide bonds. The van der Waals surface area contributed by atoms with Crippen molar-refractivity contribution in [3.63, 3.8) is 0 Å². The van der Waals surface area contributed by atoms with Gasteiger partial charge in [-0.15, -0.1) is 0 Å². The van der Waals surface area contributed by atoms with Gasteiger partial charge in [0.05, 0.1) is 11.3 Å². The fourth-order valence-electron chi connectivity index (χ4n) is 2.85. The van der Waals surface area contributed by atoms with Gasteiger partial charge in [0.2, 0.25) is 0 Å². The van der Waals surface area contributed by atoms with Crippen molar-refractivity contribution in [2.75, 3.05) is 13.1 Å². The third-order valence-corrected chi connectivity index (χ3v) is 4.85. The molecule has 0 unspecified atom stereocenters. The van der Waals surface area contributed by atoms with Gasteiger partial charge in [0, 0.05) is 31.1 Å². The van der Waals surface area contributed by atoms with Crippen molar-refractivity contribution < 1.29 is 4.79 Å². The first-order valence-corrected chi connectivity index (χ1v) is 8.55. The number of amides is 1. The van der Waals surface area contributed by atoms with E-state index >= 15 is 0 Å². The lowest BCUT2D eigenvalue weighted by Crippen LogP contribution is -2.47. The number of nitrogens with zero attached hydrogens (tertiary/aromatic N) is 2. The third kappa shape index (κ3) is 3.54. The molecule has 5 heteroatoms. The number of aryl methyl sites for hydroxylation is 1. The summed E-state index contributed by atoms with van der Waals surface area (Å²) >= 11 is 1.35. The van der Waals surface area contributed by atoms with Gasteiger partial charge in [-0.3, -0.25) is 4.79 Å². The van der Waals surface area contributed by atoms with Crippen molar-refractivity contribution >= 4 is 17.4 Å². The number of hydrogen-bond donors (Lipinski definition) is 1. The van der Waals surface area contributed by atoms with Gasteiger partial charge < -0.3 is 10.2 Å². The second kappa shape index (κ2) is 7.03. The van der Waals surface area contributed by atoms with Crippen molar-refractivity contribution in [2.24, 2.45) is 0 Å². The summed E-state index contributed by atoms with van der Waals surface area (Å²) in [6, 6.07) is 10.8. The topological polar surface area (TPSA) is 45.2 Å². The van der Waals surface area contributed by atoms with Crippen LogP contribution in [-0.4, -0.2) is 34.3 Å². The maximum absolute atomic E-state index is 12.6. The van der Waals surface area contributed by atoms with E-state index in [4.69, 9.17) is 0 Å². The Hall–Kier alpha value is -1.72. The summed E-state index contributed by atoms with van der Waals surface area (Å²) in [6.45, 7) is 4.38. The lowest BCUT2D eigenvalue weighted by molar-refractivity contribution is 0.0694. The first-order valence-electron chi connectivity index (χ1n) is 7.71. The predicted molar refractivity (Wildman–Crippen MR) is 89.1 cm³/mol. The summed E-state index contributed by atoms with van der Waals surface area (Å²) in [5.41, 5.74) is 2.88. The van der Waals surface area contributed by atoms with Crippen molar-refractivity contribution in [3.05, 3.63) is 52.5 Å². The molecule has 1 aromatic carbocycles. The molecule has 1 aliphatic rings. The van der Waals surface area contributed by atoms with E-state index in [1.54, 1.807) is 0 Å². The van der Waals surface area contributed by atoms with E-state index in [1.807, 2.05) is 23.3 Å². The van der Waals surface area contributed by atoms with Crippen LogP contribution in [0.15, 0.2) is 35.7 Å². The van der Waals surface area contributed by atoms with Gasteiger partial charge in [0.25, 0.3) is 5.91 Å². The molecule has 1 atom stereocenters. The fraction of sp³-hybridized carbons (Fsp3) is 0.412. The van der Waals surface area contributed by atoms with Crippen LogP contribution in [-0.2, 0) is 6.54 Å². The van der Waals surface area contributed by atoms with Gasteiger partial charge in [0.15, 0.2) is 0 Å². The number of aromatic nitrogens is 1. The number of likely N-dealkylation sites (tertiary alicyclic amines) is 1. The number of nitrogens with one attached hydrogen (secondary N) is 1. The maximum Gasteiger partial charge on any atom is 0.256 e. The summed E-state index contributed by atoms with van der Waals surface area (Å²) in [6.07, 6.45) is 2.17. The summed E-state index contributed by atoms with van der Waals surface area (Å²) in [7, 11) is 0. The summed E-state index contributed by atoms with van der Waals surface area (Å²) in [4.78, 5) is 14.5. The minimum Gasteiger partial charge on any atom is -0.337 e. The maximum atomic E-state index is 12.6. The lowest BCUT2D eigenvalue weighted by Gasteiger charge is -2.33. The van der Waals surface area contributed by atoms with Crippen LogP contribution in [0.25, 0.3) is 0 Å². The summed E-state index contributed by atoms with van der Waals surface area (Å²) in [5, 5.41) is 5.44. The molecule has 0 spiro atoms. The van der Waals surface area contributed by atoms with Crippen molar-refractivity contribution in [1.29, 1.82) is 0 Å². The third-order valence-electron chi connectivity index (χ3n) is 4.13. The molecule has 0 saturated carbocycles. The zero-order chi connectivity index (χ0) is 15.4. The standard InChI is InChI=1S/C17H21N3OS/c1-13-16(12-22-19-13)17(21)20-9-5-8-15(11-20)18-10-14-6-3-2-4-7-14/h2-4,6-7,12,15,18H,5,8-11H2,1H3/t15-/m0/s1. The zero-order valence-corrected chi connectivity index (χ0v) is 13.6. The van der Waals surface area contributed by atoms with Crippen LogP contribution in [0.3, 0.4) is 0 Å². The average molecular weight is 315 g/mol. The van der Waals surface area contributed by atoms with Gasteiger partial charge in [0.1, 0.15) is 0 Å². The number of piperidine rings is 1. The molecular weight excluding hydrogens is 294 g/mol. The van der Waals surface area contributed by atoms with Crippen LogP contribution in [0.5, 0.6) is 0 Å². The number of benzene rings is 1. The molecular formula is C17H21N3OS. The van der Waals surface area contributed by atoms with E-state index < -0.39 is 0 Å². The molecule has 1 N–H and O–H groups in total. The van der Waals surface area contributed by atoms with Gasteiger partial charge >= 0.3 is 0 Å². The highest BCUT2D eigenvalue weighted by atomic mass is 32.1. The van der Waals surface area contributed by atoms with Gasteiger partial charge in [-0.25, -0.2) is 0 Å². The second-order valence-corrected chi connectivity index (χ2v) is 6.40. The van der Waals surface area contributed by atoms with Crippen LogP contribution in [0.4, 0.5) is 0 Å². The van der Waals surface area contributed by atoms with E-state index in [9.17, 15) is 4.79 Å². The summed E-state index contributed by atoms with van der Waals surface area (Å²) < 4.78 is 4.21. The first-order chi connectivity index (χ1) is 10.7. The van der Waals surface area contributed by atoms with Crippen LogP contribution < -0.4 is 5.32 Å². The highest BCUT2D eigenvalue weighted by Crippen LogP contribution is 2.17. The SMILES string of the molecule is Cc1nscc1C(=O)N1CCC[C@H](NCc2ccccc2)C1. The molecule has 3 rings (SSSR count). The minimum absolute atomic E-state index is 0.123. The van der Waals surface area contributed by atoms with Gasteiger partial charge in [-0.2, -0.15) is 4.37 Å². The van der Waals surface area contributed by atoms with Gasteiger partial charge in [-0.05, 0) is 36.9 Å². The number of rotatable bonds is 4. The van der Waals surface area contributed by atoms with Gasteiger partial charge in [-0.1, -0.05) is 30.3 Å². The molecule has 0 radical (unpaired) electrons. The van der Waals surface area contributed by atoms with E-state index in [1.165, 1.54) is 17.1 Å². The van der Waals surface area contributed by atoms with E-state index in [-0.39, 0.29) is 5.91 Å². The molecule has 2 heterocycles. The largest absolute Gasteiger partial charge is 0.337 e. The van der Waals surface area contributed by atoms with Crippen LogP contribution in [0.1, 0.15) is 34.5 Å². The quantitative estimate of drug-likeness (QED) is 0.943. The smallest absolute Gasteiger partial charge is 0.256 e. The van der Waals surface area contributed by atoms with E-state index in [0.717, 1.165) is 43.7 Å². The molecule has 0 aliphatic carbocycles. The Morgan fingerprint density at radius 1 is 1.41 bits per heavy atom. The average Bonchev–Trinajstić information content (AvgIpc) is 2.99. The van der Waals surface area contributed by atoms with Crippen LogP contribution >= 0.6 is 11.5 Å². The highest BCUT2D eigenvalue weighted by molar-refractivity contribution is 7.03. The fourth-order valence-corrected chi connectivity index (χ4v) is 3.54. The monoisotopic (exact) mass is 315 g/mol. The Labute approximate surface area is 135 Å². The highest BCUT2D eigenvalue weighted by Gasteiger charge is 2.25. The number of carbonyl (C=O) groups is 1. The minimum atomic E-state index is 0.123. The lowest BCUT2D eigenvalue weighted by atomic mass is 10.0. The van der Waals surface area contributed by atoms with Crippen molar-refractivity contribution in [2.45, 2.75) is 32.4 Å². The molecule has 1 fully saturated rings. The molecule has 22 heavy (non-hydrogen) atoms. The number of carbonyl (C=O) groups excluding carboxylic acids is 1. The Balaban J connectivity index is 1.57. The Morgan fingerprint density at radius 2 is 2.23 bits per heavy atom. The molecule has 116 valence electrons. The second-order valence-electron chi connectivity index (χ2n) is 5.77. The van der Waals surface area contributed by atoms with Crippen molar-refractivity contribution in [1.82, 2.24) is 14.6 Å². The van der Waals surface area contributed by atoms with E-state index in [2.05, 4.69) is 34.0 Å². The van der Waals surface area contributed by atoms with E-state index in [0.29, 0.717) is 6.04 Å². The zero-order valence-electron chi connectivity index (χ0n) is 12.8. The van der Waals surface area contributed by atoms with Crippen LogP contribution in [0.2, 0.25) is 0 Å². The Morgan fingerprint density at radius 3 is 2.95 bits per heavy atom.